The van der Waals surface area contributed by atoms with Gasteiger partial charge in [0.05, 0.1) is 0 Å². The highest BCUT2D eigenvalue weighted by Gasteiger charge is 2.08. The molecule has 3 nitrogen and oxygen atoms in total. The van der Waals surface area contributed by atoms with Crippen LogP contribution in [0.5, 0.6) is 0 Å². The molecule has 0 aromatic heterocycles. The molecule has 0 radical (unpaired) electrons. The van der Waals surface area contributed by atoms with Crippen molar-refractivity contribution in [3.05, 3.63) is 35.4 Å². The van der Waals surface area contributed by atoms with Crippen LogP contribution in [0.2, 0.25) is 0 Å². The molecule has 2 N–H and O–H groups in total. The molecule has 20 heavy (non-hydrogen) atoms. The third-order valence-corrected chi connectivity index (χ3v) is 2.69. The molecule has 1 aromatic rings. The standard InChI is InChI=1S/C15H23F2N3/c1-4-18-15(20-10-11(2)3)19-9-8-12-13(16)6-5-7-14(12)17/h5-7,11H,4,8-10H2,1-3H3,(H2,18,19,20). The first-order chi connectivity index (χ1) is 9.54. The van der Waals surface area contributed by atoms with E-state index in [-0.39, 0.29) is 12.0 Å². The number of aliphatic imine (C=N–C) groups is 1. The van der Waals surface area contributed by atoms with Crippen LogP contribution < -0.4 is 10.6 Å². The van der Waals surface area contributed by atoms with Crippen molar-refractivity contribution in [2.45, 2.75) is 27.2 Å². The van der Waals surface area contributed by atoms with Crippen LogP contribution in [-0.2, 0) is 6.42 Å². The highest BCUT2D eigenvalue weighted by atomic mass is 19.1. The molecule has 0 saturated carbocycles. The maximum absolute atomic E-state index is 13.5. The summed E-state index contributed by atoms with van der Waals surface area (Å²) < 4.78 is 26.9. The Morgan fingerprint density at radius 2 is 1.85 bits per heavy atom. The molecule has 0 spiro atoms. The average Bonchev–Trinajstić information content (AvgIpc) is 2.39. The molecule has 0 atom stereocenters. The smallest absolute Gasteiger partial charge is 0.191 e. The van der Waals surface area contributed by atoms with Crippen molar-refractivity contribution >= 4 is 5.96 Å². The van der Waals surface area contributed by atoms with Crippen molar-refractivity contribution in [2.75, 3.05) is 19.6 Å². The second-order valence-corrected chi connectivity index (χ2v) is 4.99. The van der Waals surface area contributed by atoms with E-state index >= 15 is 0 Å². The quantitative estimate of drug-likeness (QED) is 0.622. The van der Waals surface area contributed by atoms with E-state index in [1.165, 1.54) is 18.2 Å². The summed E-state index contributed by atoms with van der Waals surface area (Å²) in [6, 6.07) is 3.92. The first-order valence-electron chi connectivity index (χ1n) is 6.99. The van der Waals surface area contributed by atoms with Gasteiger partial charge in [-0.25, -0.2) is 8.78 Å². The molecule has 0 fully saturated rings. The Kier molecular flexibility index (Phi) is 6.98. The largest absolute Gasteiger partial charge is 0.357 e. The lowest BCUT2D eigenvalue weighted by atomic mass is 10.1. The van der Waals surface area contributed by atoms with Gasteiger partial charge in [-0.2, -0.15) is 0 Å². The van der Waals surface area contributed by atoms with Crippen molar-refractivity contribution in [1.82, 2.24) is 10.6 Å². The van der Waals surface area contributed by atoms with Crippen LogP contribution in [0, 0.1) is 17.6 Å². The monoisotopic (exact) mass is 283 g/mol. The van der Waals surface area contributed by atoms with Crippen LogP contribution in [0.3, 0.4) is 0 Å². The van der Waals surface area contributed by atoms with Crippen molar-refractivity contribution in [3.8, 4) is 0 Å². The highest BCUT2D eigenvalue weighted by Crippen LogP contribution is 2.11. The summed E-state index contributed by atoms with van der Waals surface area (Å²) in [5, 5.41) is 6.19. The Morgan fingerprint density at radius 3 is 2.40 bits per heavy atom. The summed E-state index contributed by atoms with van der Waals surface area (Å²) in [7, 11) is 0. The number of hydrogen-bond acceptors (Lipinski definition) is 1. The van der Waals surface area contributed by atoms with E-state index < -0.39 is 11.6 Å². The zero-order chi connectivity index (χ0) is 15.0. The number of guanidine groups is 1. The summed E-state index contributed by atoms with van der Waals surface area (Å²) >= 11 is 0. The van der Waals surface area contributed by atoms with E-state index in [1.54, 1.807) is 0 Å². The number of halogens is 2. The summed E-state index contributed by atoms with van der Waals surface area (Å²) in [5.41, 5.74) is 0.111. The van der Waals surface area contributed by atoms with Crippen LogP contribution in [-0.4, -0.2) is 25.6 Å². The minimum absolute atomic E-state index is 0.111. The van der Waals surface area contributed by atoms with Gasteiger partial charge in [0.15, 0.2) is 5.96 Å². The van der Waals surface area contributed by atoms with Gasteiger partial charge in [-0.05, 0) is 31.4 Å². The molecule has 0 aliphatic carbocycles. The van der Waals surface area contributed by atoms with Crippen LogP contribution >= 0.6 is 0 Å². The average molecular weight is 283 g/mol. The Hall–Kier alpha value is -1.65. The SMILES string of the molecule is CCNC(=NCC(C)C)NCCc1c(F)cccc1F. The van der Waals surface area contributed by atoms with Gasteiger partial charge in [0, 0.05) is 25.2 Å². The van der Waals surface area contributed by atoms with E-state index in [1.807, 2.05) is 6.92 Å². The minimum Gasteiger partial charge on any atom is -0.357 e. The van der Waals surface area contributed by atoms with Crippen molar-refractivity contribution in [3.63, 3.8) is 0 Å². The van der Waals surface area contributed by atoms with Gasteiger partial charge in [0.2, 0.25) is 0 Å². The first kappa shape index (κ1) is 16.4. The number of nitrogens with one attached hydrogen (secondary N) is 2. The number of rotatable bonds is 6. The molecular formula is C15H23F2N3. The van der Waals surface area contributed by atoms with Gasteiger partial charge < -0.3 is 10.6 Å². The maximum Gasteiger partial charge on any atom is 0.191 e. The molecule has 0 unspecified atom stereocenters. The van der Waals surface area contributed by atoms with Gasteiger partial charge in [-0.1, -0.05) is 19.9 Å². The third-order valence-electron chi connectivity index (χ3n) is 2.69. The molecule has 0 heterocycles. The fourth-order valence-electron chi connectivity index (χ4n) is 1.69. The van der Waals surface area contributed by atoms with E-state index in [0.29, 0.717) is 25.0 Å². The molecular weight excluding hydrogens is 260 g/mol. The Bertz CT molecular complexity index is 424. The van der Waals surface area contributed by atoms with Crippen LogP contribution in [0.1, 0.15) is 26.3 Å². The van der Waals surface area contributed by atoms with Gasteiger partial charge in [0.1, 0.15) is 11.6 Å². The van der Waals surface area contributed by atoms with Crippen LogP contribution in [0.25, 0.3) is 0 Å². The zero-order valence-corrected chi connectivity index (χ0v) is 12.3. The lowest BCUT2D eigenvalue weighted by Gasteiger charge is -2.12. The number of nitrogens with zero attached hydrogens (tertiary/aromatic N) is 1. The predicted octanol–water partition coefficient (Wildman–Crippen LogP) is 2.72. The molecule has 0 bridgehead atoms. The molecule has 1 aromatic carbocycles. The Labute approximate surface area is 119 Å². The summed E-state index contributed by atoms with van der Waals surface area (Å²) in [6.45, 7) is 8.04. The van der Waals surface area contributed by atoms with Gasteiger partial charge in [-0.15, -0.1) is 0 Å². The number of hydrogen-bond donors (Lipinski definition) is 2. The highest BCUT2D eigenvalue weighted by molar-refractivity contribution is 5.79. The molecule has 0 aliphatic rings. The maximum atomic E-state index is 13.5. The first-order valence-corrected chi connectivity index (χ1v) is 6.99. The molecule has 0 saturated heterocycles. The van der Waals surface area contributed by atoms with Crippen LogP contribution in [0.4, 0.5) is 8.78 Å². The molecule has 112 valence electrons. The summed E-state index contributed by atoms with van der Waals surface area (Å²) in [6.07, 6.45) is 0.282. The zero-order valence-electron chi connectivity index (χ0n) is 12.3. The van der Waals surface area contributed by atoms with Crippen molar-refractivity contribution in [2.24, 2.45) is 10.9 Å². The second-order valence-electron chi connectivity index (χ2n) is 4.99. The fraction of sp³-hybridized carbons (Fsp3) is 0.533. The van der Waals surface area contributed by atoms with Gasteiger partial charge >= 0.3 is 0 Å². The van der Waals surface area contributed by atoms with Gasteiger partial charge in [0.25, 0.3) is 0 Å². The Morgan fingerprint density at radius 1 is 1.20 bits per heavy atom. The Balaban J connectivity index is 2.54. The van der Waals surface area contributed by atoms with E-state index in [4.69, 9.17) is 0 Å². The topological polar surface area (TPSA) is 36.4 Å². The third kappa shape index (κ3) is 5.55. The van der Waals surface area contributed by atoms with E-state index in [0.717, 1.165) is 6.54 Å². The minimum atomic E-state index is -0.504. The molecule has 5 heteroatoms. The fourth-order valence-corrected chi connectivity index (χ4v) is 1.69. The molecule has 0 aliphatic heterocycles. The van der Waals surface area contributed by atoms with Crippen molar-refractivity contribution < 1.29 is 8.78 Å². The predicted molar refractivity (Wildman–Crippen MR) is 78.9 cm³/mol. The lowest BCUT2D eigenvalue weighted by Crippen LogP contribution is -2.38. The van der Waals surface area contributed by atoms with Gasteiger partial charge in [-0.3, -0.25) is 4.99 Å². The number of benzene rings is 1. The molecule has 1 rings (SSSR count). The molecule has 0 amide bonds. The van der Waals surface area contributed by atoms with E-state index in [2.05, 4.69) is 29.5 Å². The summed E-state index contributed by atoms with van der Waals surface area (Å²) in [5.74, 6) is 0.138. The lowest BCUT2D eigenvalue weighted by molar-refractivity contribution is 0.552. The summed E-state index contributed by atoms with van der Waals surface area (Å²) in [4.78, 5) is 4.40. The van der Waals surface area contributed by atoms with Crippen molar-refractivity contribution in [1.29, 1.82) is 0 Å². The van der Waals surface area contributed by atoms with E-state index in [9.17, 15) is 8.78 Å². The normalized spacial score (nSPS) is 11.8. The second kappa shape index (κ2) is 8.51. The van der Waals surface area contributed by atoms with Crippen LogP contribution in [0.15, 0.2) is 23.2 Å².